The first-order chi connectivity index (χ1) is 10.1. The molecule has 0 aliphatic heterocycles. The molecule has 0 radical (unpaired) electrons. The van der Waals surface area contributed by atoms with Gasteiger partial charge in [-0.25, -0.2) is 4.79 Å². The Labute approximate surface area is 121 Å². The fourth-order valence-corrected chi connectivity index (χ4v) is 1.84. The Balaban J connectivity index is 2.01. The first-order valence-corrected chi connectivity index (χ1v) is 6.38. The van der Waals surface area contributed by atoms with Gasteiger partial charge < -0.3 is 19.8 Å². The van der Waals surface area contributed by atoms with Crippen LogP contribution in [0.25, 0.3) is 0 Å². The third-order valence-electron chi connectivity index (χ3n) is 2.91. The molecule has 2 N–H and O–H groups in total. The fourth-order valence-electron chi connectivity index (χ4n) is 1.84. The standard InChI is InChI=1S/C15H16N2O4/c1-20-13-6-5-11(16)10-12(13)15(19)21-9-8-17-7-3-2-4-14(17)18/h2-7,10H,8-9,16H2,1H3. The van der Waals surface area contributed by atoms with Gasteiger partial charge in [0.25, 0.3) is 5.56 Å². The zero-order valence-corrected chi connectivity index (χ0v) is 11.6. The molecular weight excluding hydrogens is 272 g/mol. The molecule has 0 saturated carbocycles. The number of nitrogen functional groups attached to an aromatic ring is 1. The second-order valence-electron chi connectivity index (χ2n) is 4.33. The lowest BCUT2D eigenvalue weighted by Crippen LogP contribution is -2.21. The molecule has 1 aromatic heterocycles. The Bertz CT molecular complexity index is 694. The van der Waals surface area contributed by atoms with Crippen LogP contribution in [0.15, 0.2) is 47.4 Å². The van der Waals surface area contributed by atoms with Crippen molar-refractivity contribution >= 4 is 11.7 Å². The maximum atomic E-state index is 12.0. The Morgan fingerprint density at radius 3 is 2.81 bits per heavy atom. The van der Waals surface area contributed by atoms with Gasteiger partial charge in [-0.05, 0) is 24.3 Å². The SMILES string of the molecule is COc1ccc(N)cc1C(=O)OCCn1ccccc1=O. The van der Waals surface area contributed by atoms with Gasteiger partial charge in [0.1, 0.15) is 17.9 Å². The third kappa shape index (κ3) is 3.62. The van der Waals surface area contributed by atoms with Crippen molar-refractivity contribution in [3.8, 4) is 5.75 Å². The van der Waals surface area contributed by atoms with Crippen molar-refractivity contribution in [2.24, 2.45) is 0 Å². The molecule has 2 aromatic rings. The Hall–Kier alpha value is -2.76. The third-order valence-corrected chi connectivity index (χ3v) is 2.91. The van der Waals surface area contributed by atoms with Crippen LogP contribution in [0.4, 0.5) is 5.69 Å². The lowest BCUT2D eigenvalue weighted by Gasteiger charge is -2.10. The number of hydrogen-bond acceptors (Lipinski definition) is 5. The van der Waals surface area contributed by atoms with Crippen LogP contribution in [-0.4, -0.2) is 24.3 Å². The van der Waals surface area contributed by atoms with Gasteiger partial charge in [-0.3, -0.25) is 4.79 Å². The molecule has 0 aliphatic rings. The van der Waals surface area contributed by atoms with Crippen LogP contribution in [0.3, 0.4) is 0 Å². The molecule has 6 nitrogen and oxygen atoms in total. The Kier molecular flexibility index (Phi) is 4.61. The van der Waals surface area contributed by atoms with E-state index in [1.165, 1.54) is 23.8 Å². The van der Waals surface area contributed by atoms with Crippen molar-refractivity contribution in [1.29, 1.82) is 0 Å². The number of aromatic nitrogens is 1. The molecule has 1 aromatic carbocycles. The minimum atomic E-state index is -0.539. The van der Waals surface area contributed by atoms with Gasteiger partial charge >= 0.3 is 5.97 Å². The minimum Gasteiger partial charge on any atom is -0.496 e. The predicted octanol–water partition coefficient (Wildman–Crippen LogP) is 1.30. The molecule has 2 rings (SSSR count). The van der Waals surface area contributed by atoms with Gasteiger partial charge in [0.2, 0.25) is 0 Å². The van der Waals surface area contributed by atoms with E-state index < -0.39 is 5.97 Å². The molecule has 0 fully saturated rings. The lowest BCUT2D eigenvalue weighted by atomic mass is 10.2. The van der Waals surface area contributed by atoms with Crippen molar-refractivity contribution in [2.75, 3.05) is 19.5 Å². The maximum absolute atomic E-state index is 12.0. The summed E-state index contributed by atoms with van der Waals surface area (Å²) >= 11 is 0. The summed E-state index contributed by atoms with van der Waals surface area (Å²) in [5.74, 6) is -0.144. The van der Waals surface area contributed by atoms with Crippen LogP contribution in [-0.2, 0) is 11.3 Å². The van der Waals surface area contributed by atoms with Crippen molar-refractivity contribution < 1.29 is 14.3 Å². The molecule has 0 aliphatic carbocycles. The van der Waals surface area contributed by atoms with Crippen molar-refractivity contribution in [3.05, 3.63) is 58.5 Å². The first-order valence-electron chi connectivity index (χ1n) is 6.38. The maximum Gasteiger partial charge on any atom is 0.342 e. The molecule has 110 valence electrons. The predicted molar refractivity (Wildman–Crippen MR) is 78.4 cm³/mol. The minimum absolute atomic E-state index is 0.0840. The summed E-state index contributed by atoms with van der Waals surface area (Å²) in [6.07, 6.45) is 1.64. The summed E-state index contributed by atoms with van der Waals surface area (Å²) < 4.78 is 11.7. The molecule has 21 heavy (non-hydrogen) atoms. The van der Waals surface area contributed by atoms with Crippen molar-refractivity contribution in [3.63, 3.8) is 0 Å². The highest BCUT2D eigenvalue weighted by Crippen LogP contribution is 2.21. The van der Waals surface area contributed by atoms with E-state index in [-0.39, 0.29) is 24.3 Å². The normalized spacial score (nSPS) is 10.1. The fraction of sp³-hybridized carbons (Fsp3) is 0.200. The molecule has 0 saturated heterocycles. The molecule has 0 bridgehead atoms. The number of carbonyl (C=O) groups excluding carboxylic acids is 1. The highest BCUT2D eigenvalue weighted by molar-refractivity contribution is 5.93. The molecule has 1 heterocycles. The van der Waals surface area contributed by atoms with E-state index in [2.05, 4.69) is 0 Å². The van der Waals surface area contributed by atoms with Crippen LogP contribution in [0.1, 0.15) is 10.4 Å². The van der Waals surface area contributed by atoms with Gasteiger partial charge in [0, 0.05) is 18.0 Å². The van der Waals surface area contributed by atoms with Gasteiger partial charge in [0.05, 0.1) is 13.7 Å². The van der Waals surface area contributed by atoms with Gasteiger partial charge in [-0.15, -0.1) is 0 Å². The number of ether oxygens (including phenoxy) is 2. The quantitative estimate of drug-likeness (QED) is 0.662. The van der Waals surface area contributed by atoms with E-state index in [0.29, 0.717) is 11.4 Å². The zero-order valence-electron chi connectivity index (χ0n) is 11.6. The Morgan fingerprint density at radius 2 is 2.10 bits per heavy atom. The van der Waals surface area contributed by atoms with Crippen LogP contribution in [0.2, 0.25) is 0 Å². The number of pyridine rings is 1. The molecule has 0 spiro atoms. The number of methoxy groups -OCH3 is 1. The van der Waals surface area contributed by atoms with Crippen LogP contribution >= 0.6 is 0 Å². The van der Waals surface area contributed by atoms with Gasteiger partial charge in [-0.1, -0.05) is 6.07 Å². The highest BCUT2D eigenvalue weighted by atomic mass is 16.5. The number of esters is 1. The number of hydrogen-bond donors (Lipinski definition) is 1. The van der Waals surface area contributed by atoms with Crippen LogP contribution < -0.4 is 16.0 Å². The summed E-state index contributed by atoms with van der Waals surface area (Å²) in [5, 5.41) is 0. The average molecular weight is 288 g/mol. The van der Waals surface area contributed by atoms with Crippen molar-refractivity contribution in [1.82, 2.24) is 4.57 Å². The highest BCUT2D eigenvalue weighted by Gasteiger charge is 2.14. The van der Waals surface area contributed by atoms with E-state index >= 15 is 0 Å². The van der Waals surface area contributed by atoms with Gasteiger partial charge in [-0.2, -0.15) is 0 Å². The van der Waals surface area contributed by atoms with Crippen LogP contribution in [0.5, 0.6) is 5.75 Å². The molecule has 0 unspecified atom stereocenters. The van der Waals surface area contributed by atoms with E-state index in [0.717, 1.165) is 0 Å². The summed E-state index contributed by atoms with van der Waals surface area (Å²) in [6.45, 7) is 0.372. The number of carbonyl (C=O) groups is 1. The summed E-state index contributed by atoms with van der Waals surface area (Å²) in [4.78, 5) is 23.5. The summed E-state index contributed by atoms with van der Waals surface area (Å²) in [5.41, 5.74) is 6.22. The molecular formula is C15H16N2O4. The average Bonchev–Trinajstić information content (AvgIpc) is 2.49. The number of nitrogens with two attached hydrogens (primary N) is 1. The van der Waals surface area contributed by atoms with E-state index in [1.807, 2.05) is 0 Å². The number of rotatable bonds is 5. The topological polar surface area (TPSA) is 83.5 Å². The molecule has 0 atom stereocenters. The van der Waals surface area contributed by atoms with Gasteiger partial charge in [0.15, 0.2) is 0 Å². The second kappa shape index (κ2) is 6.60. The molecule has 0 amide bonds. The molecule has 6 heteroatoms. The second-order valence-corrected chi connectivity index (χ2v) is 4.33. The van der Waals surface area contributed by atoms with E-state index in [1.54, 1.807) is 30.5 Å². The summed E-state index contributed by atoms with van der Waals surface area (Å²) in [6, 6.07) is 9.58. The zero-order chi connectivity index (χ0) is 15.2. The van der Waals surface area contributed by atoms with Crippen molar-refractivity contribution in [2.45, 2.75) is 6.54 Å². The van der Waals surface area contributed by atoms with E-state index in [9.17, 15) is 9.59 Å². The number of nitrogens with zero attached hydrogens (tertiary/aromatic N) is 1. The largest absolute Gasteiger partial charge is 0.496 e. The Morgan fingerprint density at radius 1 is 1.29 bits per heavy atom. The lowest BCUT2D eigenvalue weighted by molar-refractivity contribution is 0.0486. The first kappa shape index (κ1) is 14.6. The van der Waals surface area contributed by atoms with Crippen LogP contribution in [0, 0.1) is 0 Å². The number of benzene rings is 1. The smallest absolute Gasteiger partial charge is 0.342 e. The monoisotopic (exact) mass is 288 g/mol. The summed E-state index contributed by atoms with van der Waals surface area (Å²) in [7, 11) is 1.46. The number of anilines is 1. The van der Waals surface area contributed by atoms with E-state index in [4.69, 9.17) is 15.2 Å².